The SMILES string of the molecule is CCn1ncc([N+](=O)[O-])c1C(=O)Nc1nn(Cc2ccc(F)cc2)cc1Cl. The Morgan fingerprint density at radius 1 is 1.37 bits per heavy atom. The summed E-state index contributed by atoms with van der Waals surface area (Å²) in [5.41, 5.74) is 0.191. The van der Waals surface area contributed by atoms with Gasteiger partial charge in [0.05, 0.1) is 11.5 Å². The third kappa shape index (κ3) is 3.95. The topological polar surface area (TPSA) is 108 Å². The lowest BCUT2D eigenvalue weighted by atomic mass is 10.2. The molecule has 2 heterocycles. The summed E-state index contributed by atoms with van der Waals surface area (Å²) in [7, 11) is 0. The summed E-state index contributed by atoms with van der Waals surface area (Å²) >= 11 is 6.10. The summed E-state index contributed by atoms with van der Waals surface area (Å²) in [5, 5.41) is 21.7. The van der Waals surface area contributed by atoms with Crippen LogP contribution in [0.25, 0.3) is 0 Å². The maximum atomic E-state index is 13.0. The van der Waals surface area contributed by atoms with Crippen LogP contribution in [0.3, 0.4) is 0 Å². The van der Waals surface area contributed by atoms with Crippen LogP contribution in [0.4, 0.5) is 15.9 Å². The third-order valence-electron chi connectivity index (χ3n) is 3.74. The largest absolute Gasteiger partial charge is 0.320 e. The van der Waals surface area contributed by atoms with Crippen LogP contribution in [-0.4, -0.2) is 30.4 Å². The lowest BCUT2D eigenvalue weighted by molar-refractivity contribution is -0.385. The second kappa shape index (κ2) is 7.54. The number of aryl methyl sites for hydroxylation is 1. The van der Waals surface area contributed by atoms with Gasteiger partial charge in [0.2, 0.25) is 5.69 Å². The zero-order valence-corrected chi connectivity index (χ0v) is 14.9. The van der Waals surface area contributed by atoms with Gasteiger partial charge in [-0.15, -0.1) is 0 Å². The standard InChI is InChI=1S/C16H14ClFN6O3/c1-2-23-14(13(7-19-23)24(26)27)16(25)20-15-12(17)9-22(21-15)8-10-3-5-11(18)6-4-10/h3-7,9H,2,8H2,1H3,(H,20,21,25). The fraction of sp³-hybridized carbons (Fsp3) is 0.188. The van der Waals surface area contributed by atoms with E-state index in [1.54, 1.807) is 19.1 Å². The van der Waals surface area contributed by atoms with Crippen molar-refractivity contribution >= 4 is 29.0 Å². The molecule has 1 N–H and O–H groups in total. The number of halogens is 2. The molecular formula is C16H14ClFN6O3. The number of aromatic nitrogens is 4. The zero-order chi connectivity index (χ0) is 19.6. The molecule has 0 saturated carbocycles. The monoisotopic (exact) mass is 392 g/mol. The van der Waals surface area contributed by atoms with Crippen LogP contribution in [0, 0.1) is 15.9 Å². The number of amides is 1. The second-order valence-electron chi connectivity index (χ2n) is 5.56. The molecule has 3 aromatic rings. The minimum Gasteiger partial charge on any atom is -0.302 e. The minimum absolute atomic E-state index is 0.0573. The maximum Gasteiger partial charge on any atom is 0.320 e. The fourth-order valence-electron chi connectivity index (χ4n) is 2.49. The molecule has 1 amide bonds. The number of anilines is 1. The first-order valence-corrected chi connectivity index (χ1v) is 8.25. The third-order valence-corrected chi connectivity index (χ3v) is 4.01. The number of nitro groups is 1. The van der Waals surface area contributed by atoms with Crippen molar-refractivity contribution in [3.05, 3.63) is 68.9 Å². The van der Waals surface area contributed by atoms with Crippen LogP contribution in [0.2, 0.25) is 5.02 Å². The quantitative estimate of drug-likeness (QED) is 0.512. The minimum atomic E-state index is -0.741. The van der Waals surface area contributed by atoms with Crippen molar-refractivity contribution in [2.45, 2.75) is 20.0 Å². The van der Waals surface area contributed by atoms with Gasteiger partial charge in [-0.1, -0.05) is 23.7 Å². The first-order valence-electron chi connectivity index (χ1n) is 7.88. The Hall–Kier alpha value is -3.27. The fourth-order valence-corrected chi connectivity index (χ4v) is 2.69. The molecular weight excluding hydrogens is 379 g/mol. The molecule has 0 aliphatic rings. The van der Waals surface area contributed by atoms with E-state index in [4.69, 9.17) is 11.6 Å². The summed E-state index contributed by atoms with van der Waals surface area (Å²) in [4.78, 5) is 22.9. The molecule has 0 radical (unpaired) electrons. The second-order valence-corrected chi connectivity index (χ2v) is 5.96. The number of carbonyl (C=O) groups excluding carboxylic acids is 1. The van der Waals surface area contributed by atoms with E-state index < -0.39 is 16.5 Å². The van der Waals surface area contributed by atoms with Crippen molar-refractivity contribution < 1.29 is 14.1 Å². The van der Waals surface area contributed by atoms with E-state index in [-0.39, 0.29) is 28.9 Å². The number of nitrogens with one attached hydrogen (secondary N) is 1. The van der Waals surface area contributed by atoms with Crippen molar-refractivity contribution in [3.63, 3.8) is 0 Å². The Kier molecular flexibility index (Phi) is 5.17. The van der Waals surface area contributed by atoms with Gasteiger partial charge >= 0.3 is 5.69 Å². The highest BCUT2D eigenvalue weighted by Gasteiger charge is 2.27. The summed E-state index contributed by atoms with van der Waals surface area (Å²) in [5.74, 6) is -1.03. The van der Waals surface area contributed by atoms with Gasteiger partial charge < -0.3 is 5.32 Å². The first kappa shape index (κ1) is 18.5. The van der Waals surface area contributed by atoms with Crippen molar-refractivity contribution in [1.82, 2.24) is 19.6 Å². The van der Waals surface area contributed by atoms with E-state index in [1.165, 1.54) is 27.7 Å². The lowest BCUT2D eigenvalue weighted by Crippen LogP contribution is -2.19. The van der Waals surface area contributed by atoms with Gasteiger partial charge in [-0.3, -0.25) is 24.3 Å². The van der Waals surface area contributed by atoms with Crippen LogP contribution < -0.4 is 5.32 Å². The first-order chi connectivity index (χ1) is 12.9. The van der Waals surface area contributed by atoms with E-state index in [0.29, 0.717) is 6.54 Å². The Labute approximate surface area is 157 Å². The van der Waals surface area contributed by atoms with E-state index in [1.807, 2.05) is 0 Å². The van der Waals surface area contributed by atoms with Crippen molar-refractivity contribution in [1.29, 1.82) is 0 Å². The van der Waals surface area contributed by atoms with Gasteiger partial charge in [0, 0.05) is 12.7 Å². The molecule has 0 saturated heterocycles. The number of rotatable bonds is 6. The van der Waals surface area contributed by atoms with E-state index >= 15 is 0 Å². The Morgan fingerprint density at radius 2 is 2.07 bits per heavy atom. The Bertz CT molecular complexity index is 998. The molecule has 2 aromatic heterocycles. The Morgan fingerprint density at radius 3 is 2.70 bits per heavy atom. The van der Waals surface area contributed by atoms with Crippen molar-refractivity contribution in [2.24, 2.45) is 0 Å². The summed E-state index contributed by atoms with van der Waals surface area (Å²) < 4.78 is 15.7. The van der Waals surface area contributed by atoms with Crippen LogP contribution in [0.5, 0.6) is 0 Å². The smallest absolute Gasteiger partial charge is 0.302 e. The molecule has 27 heavy (non-hydrogen) atoms. The Balaban J connectivity index is 1.81. The van der Waals surface area contributed by atoms with E-state index in [2.05, 4.69) is 15.5 Å². The van der Waals surface area contributed by atoms with Gasteiger partial charge in [0.15, 0.2) is 5.82 Å². The van der Waals surface area contributed by atoms with Crippen LogP contribution in [0.15, 0.2) is 36.7 Å². The highest BCUT2D eigenvalue weighted by atomic mass is 35.5. The molecule has 0 aliphatic carbocycles. The van der Waals surface area contributed by atoms with Crippen LogP contribution in [0.1, 0.15) is 23.0 Å². The molecule has 0 bridgehead atoms. The van der Waals surface area contributed by atoms with E-state index in [0.717, 1.165) is 11.8 Å². The maximum absolute atomic E-state index is 13.0. The van der Waals surface area contributed by atoms with Crippen molar-refractivity contribution in [3.8, 4) is 0 Å². The van der Waals surface area contributed by atoms with Crippen LogP contribution >= 0.6 is 11.6 Å². The molecule has 1 aromatic carbocycles. The van der Waals surface area contributed by atoms with E-state index in [9.17, 15) is 19.3 Å². The molecule has 3 rings (SSSR count). The van der Waals surface area contributed by atoms with Gasteiger partial charge in [-0.2, -0.15) is 10.2 Å². The highest BCUT2D eigenvalue weighted by Crippen LogP contribution is 2.23. The average molecular weight is 393 g/mol. The van der Waals surface area contributed by atoms with Crippen molar-refractivity contribution in [2.75, 3.05) is 5.32 Å². The molecule has 0 unspecified atom stereocenters. The molecule has 9 nitrogen and oxygen atoms in total. The number of hydrogen-bond acceptors (Lipinski definition) is 5. The molecule has 0 aliphatic heterocycles. The summed E-state index contributed by atoms with van der Waals surface area (Å²) in [6.07, 6.45) is 2.51. The number of hydrogen-bond donors (Lipinski definition) is 1. The van der Waals surface area contributed by atoms with Gasteiger partial charge in [-0.05, 0) is 24.6 Å². The summed E-state index contributed by atoms with van der Waals surface area (Å²) in [6, 6.07) is 5.86. The van der Waals surface area contributed by atoms with Crippen LogP contribution in [-0.2, 0) is 13.1 Å². The van der Waals surface area contributed by atoms with Gasteiger partial charge in [-0.25, -0.2) is 4.39 Å². The number of benzene rings is 1. The average Bonchev–Trinajstić information content (AvgIpc) is 3.20. The van der Waals surface area contributed by atoms with Gasteiger partial charge in [0.1, 0.15) is 17.0 Å². The molecule has 0 fully saturated rings. The van der Waals surface area contributed by atoms with Gasteiger partial charge in [0.25, 0.3) is 5.91 Å². The lowest BCUT2D eigenvalue weighted by Gasteiger charge is -2.05. The molecule has 0 spiro atoms. The molecule has 11 heteroatoms. The summed E-state index contributed by atoms with van der Waals surface area (Å²) in [6.45, 7) is 2.30. The number of nitrogens with zero attached hydrogens (tertiary/aromatic N) is 5. The highest BCUT2D eigenvalue weighted by molar-refractivity contribution is 6.33. The predicted molar refractivity (Wildman–Crippen MR) is 95.2 cm³/mol. The number of carbonyl (C=O) groups is 1. The normalized spacial score (nSPS) is 10.8. The molecule has 0 atom stereocenters. The molecule has 140 valence electrons. The predicted octanol–water partition coefficient (Wildman–Crippen LogP) is 3.10. The zero-order valence-electron chi connectivity index (χ0n) is 14.1.